The van der Waals surface area contributed by atoms with Crippen molar-refractivity contribution in [1.82, 2.24) is 20.2 Å². The molecule has 1 atom stereocenters. The molecule has 1 aliphatic carbocycles. The molecule has 2 amide bonds. The largest absolute Gasteiger partial charge is 0.377 e. The fraction of sp³-hybridized carbons (Fsp3) is 0.560. The number of morpholine rings is 1. The molecular weight excluding hydrogens is 416 g/mol. The van der Waals surface area contributed by atoms with E-state index in [1.54, 1.807) is 0 Å². The zero-order valence-electron chi connectivity index (χ0n) is 19.6. The summed E-state index contributed by atoms with van der Waals surface area (Å²) in [7, 11) is 0. The molecule has 1 aromatic carbocycles. The number of nitrogens with zero attached hydrogens (tertiary/aromatic N) is 4. The van der Waals surface area contributed by atoms with Crippen LogP contribution in [0.2, 0.25) is 0 Å². The van der Waals surface area contributed by atoms with E-state index in [1.165, 1.54) is 24.9 Å². The number of carbonyl (C=O) groups excluding carboxylic acids is 1. The SMILES string of the molecule is CCNC(=O)Nc1ccc(-c2nc3c(c(N4CCOCC4C)n2)CCN(CC2CC2)C3)cc1. The van der Waals surface area contributed by atoms with Crippen LogP contribution in [0.5, 0.6) is 0 Å². The van der Waals surface area contributed by atoms with Crippen molar-refractivity contribution >= 4 is 17.5 Å². The summed E-state index contributed by atoms with van der Waals surface area (Å²) in [6.45, 7) is 10.2. The van der Waals surface area contributed by atoms with Gasteiger partial charge in [-0.3, -0.25) is 4.90 Å². The third kappa shape index (κ3) is 5.12. The van der Waals surface area contributed by atoms with E-state index < -0.39 is 0 Å². The number of hydrogen-bond donors (Lipinski definition) is 2. The van der Waals surface area contributed by atoms with Gasteiger partial charge in [0.05, 0.1) is 24.9 Å². The van der Waals surface area contributed by atoms with E-state index in [9.17, 15) is 4.79 Å². The average molecular weight is 451 g/mol. The Kier molecular flexibility index (Phi) is 6.46. The molecule has 1 aromatic heterocycles. The monoisotopic (exact) mass is 450 g/mol. The zero-order valence-corrected chi connectivity index (χ0v) is 19.6. The summed E-state index contributed by atoms with van der Waals surface area (Å²) in [6, 6.07) is 7.88. The number of hydrogen-bond acceptors (Lipinski definition) is 6. The highest BCUT2D eigenvalue weighted by Crippen LogP contribution is 2.34. The number of nitrogens with one attached hydrogen (secondary N) is 2. The zero-order chi connectivity index (χ0) is 22.8. The topological polar surface area (TPSA) is 82.6 Å². The highest BCUT2D eigenvalue weighted by molar-refractivity contribution is 5.89. The first-order valence-electron chi connectivity index (χ1n) is 12.2. The standard InChI is InChI=1S/C25H34N6O2/c1-3-26-25(32)27-20-8-6-19(7-9-20)23-28-22-15-30(14-18-4-5-18)11-10-21(22)24(29-23)31-12-13-33-16-17(31)2/h6-9,17-18H,3-5,10-16H2,1-2H3,(H2,26,27,32). The van der Waals surface area contributed by atoms with Crippen molar-refractivity contribution in [1.29, 1.82) is 0 Å². The Morgan fingerprint density at radius 3 is 2.73 bits per heavy atom. The lowest BCUT2D eigenvalue weighted by atomic mass is 10.0. The van der Waals surface area contributed by atoms with Gasteiger partial charge in [-0.25, -0.2) is 14.8 Å². The second-order valence-corrected chi connectivity index (χ2v) is 9.40. The maximum absolute atomic E-state index is 11.8. The summed E-state index contributed by atoms with van der Waals surface area (Å²) >= 11 is 0. The van der Waals surface area contributed by atoms with Gasteiger partial charge in [-0.05, 0) is 63.3 Å². The molecule has 33 heavy (non-hydrogen) atoms. The summed E-state index contributed by atoms with van der Waals surface area (Å²) in [5.41, 5.74) is 4.17. The maximum Gasteiger partial charge on any atom is 0.319 e. The Hall–Kier alpha value is -2.71. The fourth-order valence-electron chi connectivity index (χ4n) is 4.73. The molecule has 5 rings (SSSR count). The molecule has 176 valence electrons. The molecule has 8 heteroatoms. The van der Waals surface area contributed by atoms with Crippen molar-refractivity contribution in [2.45, 2.75) is 45.7 Å². The van der Waals surface area contributed by atoms with Gasteiger partial charge in [-0.15, -0.1) is 0 Å². The van der Waals surface area contributed by atoms with Crippen molar-refractivity contribution in [3.63, 3.8) is 0 Å². The Morgan fingerprint density at radius 2 is 2.00 bits per heavy atom. The minimum atomic E-state index is -0.199. The number of rotatable bonds is 6. The summed E-state index contributed by atoms with van der Waals surface area (Å²) in [5.74, 6) is 2.69. The summed E-state index contributed by atoms with van der Waals surface area (Å²) in [5, 5.41) is 5.60. The minimum absolute atomic E-state index is 0.199. The van der Waals surface area contributed by atoms with Crippen LogP contribution in [-0.2, 0) is 17.7 Å². The molecule has 2 aliphatic heterocycles. The second-order valence-electron chi connectivity index (χ2n) is 9.40. The van der Waals surface area contributed by atoms with E-state index in [1.807, 2.05) is 31.2 Å². The lowest BCUT2D eigenvalue weighted by Gasteiger charge is -2.38. The number of benzene rings is 1. The molecule has 1 saturated carbocycles. The Labute approximate surface area is 195 Å². The van der Waals surface area contributed by atoms with Gasteiger partial charge in [0.1, 0.15) is 5.82 Å². The van der Waals surface area contributed by atoms with Gasteiger partial charge in [0.15, 0.2) is 5.82 Å². The molecule has 2 fully saturated rings. The third-order valence-corrected chi connectivity index (χ3v) is 6.71. The van der Waals surface area contributed by atoms with Crippen LogP contribution in [0.1, 0.15) is 37.9 Å². The quantitative estimate of drug-likeness (QED) is 0.703. The van der Waals surface area contributed by atoms with Crippen LogP contribution < -0.4 is 15.5 Å². The third-order valence-electron chi connectivity index (χ3n) is 6.71. The first-order valence-corrected chi connectivity index (χ1v) is 12.2. The van der Waals surface area contributed by atoms with E-state index in [-0.39, 0.29) is 6.03 Å². The number of fused-ring (bicyclic) bond motifs is 1. The minimum Gasteiger partial charge on any atom is -0.377 e. The van der Waals surface area contributed by atoms with Crippen LogP contribution in [0.4, 0.5) is 16.3 Å². The van der Waals surface area contributed by atoms with Crippen molar-refractivity contribution in [3.8, 4) is 11.4 Å². The lowest BCUT2D eigenvalue weighted by molar-refractivity contribution is 0.0983. The van der Waals surface area contributed by atoms with Gasteiger partial charge in [0.2, 0.25) is 0 Å². The number of urea groups is 1. The smallest absolute Gasteiger partial charge is 0.319 e. The average Bonchev–Trinajstić information content (AvgIpc) is 3.63. The number of amides is 2. The highest BCUT2D eigenvalue weighted by Gasteiger charge is 2.31. The van der Waals surface area contributed by atoms with Gasteiger partial charge < -0.3 is 20.3 Å². The van der Waals surface area contributed by atoms with Gasteiger partial charge in [0.25, 0.3) is 0 Å². The van der Waals surface area contributed by atoms with E-state index >= 15 is 0 Å². The summed E-state index contributed by atoms with van der Waals surface area (Å²) in [4.78, 5) is 26.9. The number of aromatic nitrogens is 2. The predicted octanol–water partition coefficient (Wildman–Crippen LogP) is 3.28. The van der Waals surface area contributed by atoms with Crippen molar-refractivity contribution in [2.75, 3.05) is 49.6 Å². The number of anilines is 2. The highest BCUT2D eigenvalue weighted by atomic mass is 16.5. The molecular formula is C25H34N6O2. The Bertz CT molecular complexity index is 991. The number of ether oxygens (including phenoxy) is 1. The van der Waals surface area contributed by atoms with Gasteiger partial charge in [-0.1, -0.05) is 0 Å². The molecule has 0 radical (unpaired) electrons. The van der Waals surface area contributed by atoms with E-state index in [2.05, 4.69) is 27.4 Å². The van der Waals surface area contributed by atoms with Crippen molar-refractivity contribution in [3.05, 3.63) is 35.5 Å². The van der Waals surface area contributed by atoms with Gasteiger partial charge in [0, 0.05) is 49.5 Å². The number of carbonyl (C=O) groups is 1. The maximum atomic E-state index is 11.8. The van der Waals surface area contributed by atoms with Gasteiger partial charge >= 0.3 is 6.03 Å². The lowest BCUT2D eigenvalue weighted by Crippen LogP contribution is -2.45. The Morgan fingerprint density at radius 1 is 1.18 bits per heavy atom. The molecule has 2 aromatic rings. The molecule has 3 heterocycles. The molecule has 1 unspecified atom stereocenters. The normalized spacial score (nSPS) is 20.9. The van der Waals surface area contributed by atoms with Crippen LogP contribution in [0.15, 0.2) is 24.3 Å². The van der Waals surface area contributed by atoms with Crippen LogP contribution in [-0.4, -0.2) is 66.3 Å². The molecule has 0 spiro atoms. The Balaban J connectivity index is 1.45. The molecule has 2 N–H and O–H groups in total. The van der Waals surface area contributed by atoms with E-state index in [4.69, 9.17) is 14.7 Å². The van der Waals surface area contributed by atoms with Crippen LogP contribution >= 0.6 is 0 Å². The van der Waals surface area contributed by atoms with Crippen molar-refractivity contribution < 1.29 is 9.53 Å². The van der Waals surface area contributed by atoms with Gasteiger partial charge in [-0.2, -0.15) is 0 Å². The molecule has 0 bridgehead atoms. The fourth-order valence-corrected chi connectivity index (χ4v) is 4.73. The van der Waals surface area contributed by atoms with E-state index in [0.29, 0.717) is 12.6 Å². The van der Waals surface area contributed by atoms with Crippen LogP contribution in [0, 0.1) is 5.92 Å². The van der Waals surface area contributed by atoms with Crippen LogP contribution in [0.3, 0.4) is 0 Å². The van der Waals surface area contributed by atoms with Crippen LogP contribution in [0.25, 0.3) is 11.4 Å². The summed E-state index contributed by atoms with van der Waals surface area (Å²) < 4.78 is 5.69. The first-order chi connectivity index (χ1) is 16.1. The van der Waals surface area contributed by atoms with Crippen molar-refractivity contribution in [2.24, 2.45) is 5.92 Å². The second kappa shape index (κ2) is 9.65. The molecule has 8 nitrogen and oxygen atoms in total. The predicted molar refractivity (Wildman–Crippen MR) is 129 cm³/mol. The molecule has 1 saturated heterocycles. The molecule has 3 aliphatic rings. The first kappa shape index (κ1) is 22.1. The summed E-state index contributed by atoms with van der Waals surface area (Å²) in [6.07, 6.45) is 3.73. The van der Waals surface area contributed by atoms with E-state index in [0.717, 1.165) is 73.8 Å².